The number of nitrogens with zero attached hydrogens (tertiary/aromatic N) is 4. The van der Waals surface area contributed by atoms with Crippen LogP contribution in [0.25, 0.3) is 11.0 Å². The second-order valence-electron chi connectivity index (χ2n) is 8.36. The van der Waals surface area contributed by atoms with Gasteiger partial charge in [0.05, 0.1) is 30.3 Å². The largest absolute Gasteiger partial charge is 0.487 e. The molecule has 0 radical (unpaired) electrons. The summed E-state index contributed by atoms with van der Waals surface area (Å²) in [7, 11) is 0. The molecule has 0 saturated carbocycles. The van der Waals surface area contributed by atoms with Crippen LogP contribution in [0.4, 0.5) is 11.5 Å². The van der Waals surface area contributed by atoms with Gasteiger partial charge >= 0.3 is 0 Å². The van der Waals surface area contributed by atoms with E-state index in [0.717, 1.165) is 12.8 Å². The summed E-state index contributed by atoms with van der Waals surface area (Å²) in [6, 6.07) is 8.94. The van der Waals surface area contributed by atoms with Crippen molar-refractivity contribution in [2.45, 2.75) is 25.2 Å². The van der Waals surface area contributed by atoms with Gasteiger partial charge in [0.25, 0.3) is 0 Å². The third kappa shape index (κ3) is 5.67. The highest BCUT2D eigenvalue weighted by Gasteiger charge is 2.26. The number of halogens is 1. The van der Waals surface area contributed by atoms with Gasteiger partial charge in [0.15, 0.2) is 12.1 Å². The summed E-state index contributed by atoms with van der Waals surface area (Å²) in [6.07, 6.45) is 3.85. The molecule has 188 valence electrons. The Kier molecular flexibility index (Phi) is 7.45. The summed E-state index contributed by atoms with van der Waals surface area (Å²) < 4.78 is 22.8. The van der Waals surface area contributed by atoms with Crippen LogP contribution < -0.4 is 14.8 Å². The average Bonchev–Trinajstić information content (AvgIpc) is 3.37. The highest BCUT2D eigenvalue weighted by molar-refractivity contribution is 6.32. The van der Waals surface area contributed by atoms with Crippen molar-refractivity contribution in [1.82, 2.24) is 19.9 Å². The Morgan fingerprint density at radius 1 is 1.25 bits per heavy atom. The first kappa shape index (κ1) is 24.2. The Balaban J connectivity index is 1.27. The third-order valence-electron chi connectivity index (χ3n) is 5.84. The summed E-state index contributed by atoms with van der Waals surface area (Å²) in [4.78, 5) is 26.8. The van der Waals surface area contributed by atoms with Gasteiger partial charge in [-0.1, -0.05) is 18.2 Å². The number of hydrogen-bond donors (Lipinski definition) is 1. The summed E-state index contributed by atoms with van der Waals surface area (Å²) >= 11 is 6.45. The van der Waals surface area contributed by atoms with E-state index in [1.807, 2.05) is 12.1 Å². The van der Waals surface area contributed by atoms with Crippen LogP contribution >= 0.6 is 11.6 Å². The number of pyridine rings is 1. The number of amides is 1. The lowest BCUT2D eigenvalue weighted by Crippen LogP contribution is -2.30. The maximum absolute atomic E-state index is 11.8. The Bertz CT molecular complexity index is 1250. The summed E-state index contributed by atoms with van der Waals surface area (Å²) in [5, 5.41) is 3.68. The molecule has 2 fully saturated rings. The van der Waals surface area contributed by atoms with Crippen molar-refractivity contribution in [3.05, 3.63) is 54.3 Å². The molecule has 11 heteroatoms. The molecular weight excluding hydrogens is 486 g/mol. The number of likely N-dealkylation sites (tertiary alicyclic amines) is 1. The summed E-state index contributed by atoms with van der Waals surface area (Å²) in [5.74, 6) is 1.38. The molecule has 36 heavy (non-hydrogen) atoms. The van der Waals surface area contributed by atoms with E-state index in [0.29, 0.717) is 65.5 Å². The first-order valence-electron chi connectivity index (χ1n) is 11.7. The van der Waals surface area contributed by atoms with Gasteiger partial charge in [-0.3, -0.25) is 4.79 Å². The number of ether oxygens (including phenoxy) is 4. The predicted molar refractivity (Wildman–Crippen MR) is 134 cm³/mol. The van der Waals surface area contributed by atoms with Gasteiger partial charge in [0.1, 0.15) is 30.3 Å². The number of hydrogen-bond acceptors (Lipinski definition) is 9. The fraction of sp³-hybridized carbons (Fsp3) is 0.360. The van der Waals surface area contributed by atoms with Crippen molar-refractivity contribution < 1.29 is 23.7 Å². The molecule has 5 rings (SSSR count). The van der Waals surface area contributed by atoms with E-state index in [4.69, 9.17) is 30.5 Å². The molecule has 1 amide bonds. The van der Waals surface area contributed by atoms with Crippen LogP contribution in [0.3, 0.4) is 0 Å². The van der Waals surface area contributed by atoms with E-state index in [1.165, 1.54) is 12.4 Å². The molecule has 1 aromatic carbocycles. The van der Waals surface area contributed by atoms with Crippen molar-refractivity contribution >= 4 is 40.0 Å². The number of anilines is 2. The minimum atomic E-state index is -0.391. The molecule has 1 N–H and O–H groups in total. The second-order valence-corrected chi connectivity index (χ2v) is 8.77. The number of carbonyl (C=O) groups is 1. The lowest BCUT2D eigenvalue weighted by atomic mass is 10.3. The standard InChI is InChI=1S/C25H26ClN5O5/c1-2-22(32)31-9-8-17(13-31)36-21-7-5-19-24(30-21)25(28-15-27-19)29-16-4-6-20(18(26)12-16)35-14-23-33-10-3-11-34-23/h2,4-7,12,15,17,23H,1,3,8-11,13-14H2,(H,27,28,29)/t17-/m0/s1. The molecule has 0 bridgehead atoms. The van der Waals surface area contributed by atoms with Crippen LogP contribution in [0.2, 0.25) is 5.02 Å². The monoisotopic (exact) mass is 511 g/mol. The Morgan fingerprint density at radius 2 is 2.11 bits per heavy atom. The Morgan fingerprint density at radius 3 is 2.92 bits per heavy atom. The quantitative estimate of drug-likeness (QED) is 0.452. The summed E-state index contributed by atoms with van der Waals surface area (Å²) in [6.45, 7) is 6.24. The van der Waals surface area contributed by atoms with Gasteiger partial charge in [0, 0.05) is 24.7 Å². The molecule has 0 spiro atoms. The van der Waals surface area contributed by atoms with E-state index in [-0.39, 0.29) is 18.6 Å². The van der Waals surface area contributed by atoms with E-state index in [2.05, 4.69) is 26.8 Å². The zero-order valence-corrected chi connectivity index (χ0v) is 20.3. The number of carbonyl (C=O) groups excluding carboxylic acids is 1. The van der Waals surface area contributed by atoms with E-state index in [9.17, 15) is 4.79 Å². The minimum Gasteiger partial charge on any atom is -0.487 e. The van der Waals surface area contributed by atoms with Gasteiger partial charge in [-0.25, -0.2) is 15.0 Å². The fourth-order valence-corrected chi connectivity index (χ4v) is 4.26. The molecule has 2 saturated heterocycles. The van der Waals surface area contributed by atoms with Crippen LogP contribution in [-0.2, 0) is 14.3 Å². The number of fused-ring (bicyclic) bond motifs is 1. The molecular formula is C25H26ClN5O5. The van der Waals surface area contributed by atoms with Gasteiger partial charge in [-0.15, -0.1) is 0 Å². The zero-order chi connectivity index (χ0) is 24.9. The molecule has 4 heterocycles. The SMILES string of the molecule is C=CC(=O)N1CC[C@H](Oc2ccc3ncnc(Nc4ccc(OCC5OCCCO5)c(Cl)c4)c3n2)C1. The highest BCUT2D eigenvalue weighted by atomic mass is 35.5. The summed E-state index contributed by atoms with van der Waals surface area (Å²) in [5.41, 5.74) is 1.92. The maximum atomic E-state index is 11.8. The second kappa shape index (κ2) is 11.1. The normalized spacial score (nSPS) is 18.2. The minimum absolute atomic E-state index is 0.0989. The van der Waals surface area contributed by atoms with Crippen LogP contribution in [0, 0.1) is 0 Å². The van der Waals surface area contributed by atoms with Crippen molar-refractivity contribution in [3.8, 4) is 11.6 Å². The molecule has 0 aliphatic carbocycles. The molecule has 2 aliphatic rings. The zero-order valence-electron chi connectivity index (χ0n) is 19.6. The van der Waals surface area contributed by atoms with Crippen LogP contribution in [-0.4, -0.2) is 71.1 Å². The lowest BCUT2D eigenvalue weighted by Gasteiger charge is -2.23. The number of benzene rings is 1. The maximum Gasteiger partial charge on any atom is 0.246 e. The van der Waals surface area contributed by atoms with Crippen molar-refractivity contribution in [2.75, 3.05) is 38.2 Å². The molecule has 10 nitrogen and oxygen atoms in total. The smallest absolute Gasteiger partial charge is 0.246 e. The van der Waals surface area contributed by atoms with E-state index < -0.39 is 6.29 Å². The van der Waals surface area contributed by atoms with E-state index >= 15 is 0 Å². The van der Waals surface area contributed by atoms with Gasteiger partial charge in [-0.2, -0.15) is 0 Å². The topological polar surface area (TPSA) is 108 Å². The molecule has 2 aliphatic heterocycles. The van der Waals surface area contributed by atoms with E-state index in [1.54, 1.807) is 23.1 Å². The molecule has 1 atom stereocenters. The van der Waals surface area contributed by atoms with Crippen LogP contribution in [0.1, 0.15) is 12.8 Å². The predicted octanol–water partition coefficient (Wildman–Crippen LogP) is 3.73. The Labute approximate surface area is 213 Å². The van der Waals surface area contributed by atoms with Crippen LogP contribution in [0.15, 0.2) is 49.3 Å². The number of aromatic nitrogens is 3. The average molecular weight is 512 g/mol. The Hall–Kier alpha value is -3.47. The lowest BCUT2D eigenvalue weighted by molar-refractivity contribution is -0.191. The van der Waals surface area contributed by atoms with Gasteiger partial charge in [0.2, 0.25) is 11.8 Å². The van der Waals surface area contributed by atoms with Crippen LogP contribution in [0.5, 0.6) is 11.6 Å². The van der Waals surface area contributed by atoms with Gasteiger partial charge < -0.3 is 29.2 Å². The number of nitrogens with one attached hydrogen (secondary N) is 1. The first-order valence-corrected chi connectivity index (χ1v) is 12.1. The first-order chi connectivity index (χ1) is 17.6. The highest BCUT2D eigenvalue weighted by Crippen LogP contribution is 2.31. The van der Waals surface area contributed by atoms with Crippen molar-refractivity contribution in [3.63, 3.8) is 0 Å². The van der Waals surface area contributed by atoms with Crippen molar-refractivity contribution in [2.24, 2.45) is 0 Å². The van der Waals surface area contributed by atoms with Crippen molar-refractivity contribution in [1.29, 1.82) is 0 Å². The third-order valence-corrected chi connectivity index (χ3v) is 6.14. The number of rotatable bonds is 8. The molecule has 0 unspecified atom stereocenters. The molecule has 2 aromatic heterocycles. The molecule has 3 aromatic rings. The van der Waals surface area contributed by atoms with Gasteiger partial charge in [-0.05, 0) is 36.8 Å². The fourth-order valence-electron chi connectivity index (χ4n) is 4.03.